The first-order valence-corrected chi connectivity index (χ1v) is 26.6. The first-order chi connectivity index (χ1) is 38.7. The van der Waals surface area contributed by atoms with Crippen LogP contribution in [0.1, 0.15) is 22.3 Å². The van der Waals surface area contributed by atoms with Crippen LogP contribution in [0.15, 0.2) is 328 Å². The van der Waals surface area contributed by atoms with Crippen molar-refractivity contribution in [1.82, 2.24) is 4.57 Å². The topological polar surface area (TPSA) is 14.7 Å². The van der Waals surface area contributed by atoms with Crippen molar-refractivity contribution in [1.29, 1.82) is 0 Å². The van der Waals surface area contributed by atoms with Gasteiger partial charge in [0.1, 0.15) is 0 Å². The zero-order valence-corrected chi connectivity index (χ0v) is 43.0. The van der Waals surface area contributed by atoms with Crippen molar-refractivity contribution >= 4 is 84.1 Å². The molecule has 0 aliphatic heterocycles. The van der Waals surface area contributed by atoms with Gasteiger partial charge in [0.25, 0.3) is 0 Å². The number of fused-ring (bicyclic) bond motifs is 3. The summed E-state index contributed by atoms with van der Waals surface area (Å²) < 4.78 is 2.37. The highest BCUT2D eigenvalue weighted by atomic mass is 15.2. The second-order valence-electron chi connectivity index (χ2n) is 19.3. The summed E-state index contributed by atoms with van der Waals surface area (Å²) in [7, 11) is 0. The van der Waals surface area contributed by atoms with E-state index >= 15 is 0 Å². The number of anilines is 9. The summed E-state index contributed by atoms with van der Waals surface area (Å²) in [6, 6.07) is 117. The monoisotopic (exact) mass is 998 g/mol. The summed E-state index contributed by atoms with van der Waals surface area (Å²) in [5, 5.41) is 2.50. The number of rotatable bonds is 14. The van der Waals surface area contributed by atoms with Crippen molar-refractivity contribution in [3.8, 4) is 5.69 Å². The van der Waals surface area contributed by atoms with Gasteiger partial charge in [-0.25, -0.2) is 0 Å². The molecular formula is C74H54N4. The number of hydrogen-bond donors (Lipinski definition) is 0. The van der Waals surface area contributed by atoms with E-state index in [0.717, 1.165) is 90.3 Å². The summed E-state index contributed by atoms with van der Waals surface area (Å²) in [6.07, 6.45) is 0. The molecule has 4 nitrogen and oxygen atoms in total. The molecule has 0 saturated carbocycles. The standard InChI is InChI=1S/C74H54N4/c1-7-23-55(24-8-1)73(57-39-43-63(44-40-57)76(61-31-15-5-16-32-61)66-49-47-65(48-50-66)75(59-27-11-3-12-28-59)60-29-13-4-14-30-60)74(56-25-9-2-10-26-56)58-41-45-64(46-42-58)77(62-33-17-6-18-34-62)67-51-53-68(54-52-67)78-71-37-21-19-35-69(71)70-36-20-22-38-72(70)78/h1-54H. The van der Waals surface area contributed by atoms with Crippen molar-refractivity contribution in [3.63, 3.8) is 0 Å². The smallest absolute Gasteiger partial charge is 0.0541 e. The Hall–Kier alpha value is -10.4. The maximum Gasteiger partial charge on any atom is 0.0541 e. The lowest BCUT2D eigenvalue weighted by atomic mass is 9.85. The van der Waals surface area contributed by atoms with E-state index in [1.54, 1.807) is 0 Å². The van der Waals surface area contributed by atoms with E-state index in [-0.39, 0.29) is 0 Å². The Morgan fingerprint density at radius 3 is 0.718 bits per heavy atom. The summed E-state index contributed by atoms with van der Waals surface area (Å²) in [4.78, 5) is 6.98. The molecule has 0 amide bonds. The average Bonchev–Trinajstić information content (AvgIpc) is 3.89. The molecule has 4 heteroatoms. The zero-order valence-electron chi connectivity index (χ0n) is 43.0. The highest BCUT2D eigenvalue weighted by molar-refractivity contribution is 6.09. The molecule has 1 aromatic heterocycles. The first-order valence-electron chi connectivity index (χ1n) is 26.6. The van der Waals surface area contributed by atoms with E-state index in [4.69, 9.17) is 0 Å². The molecule has 13 rings (SSSR count). The third-order valence-electron chi connectivity index (χ3n) is 14.6. The maximum absolute atomic E-state index is 2.37. The van der Waals surface area contributed by atoms with Crippen molar-refractivity contribution in [2.45, 2.75) is 0 Å². The van der Waals surface area contributed by atoms with Gasteiger partial charge in [-0.1, -0.05) is 194 Å². The molecule has 13 aromatic rings. The predicted molar refractivity (Wildman–Crippen MR) is 329 cm³/mol. The predicted octanol–water partition coefficient (Wildman–Crippen LogP) is 20.2. The number of hydrogen-bond acceptors (Lipinski definition) is 3. The quantitative estimate of drug-likeness (QED) is 0.101. The molecule has 0 aliphatic carbocycles. The number of benzene rings is 12. The van der Waals surface area contributed by atoms with Gasteiger partial charge in [-0.2, -0.15) is 0 Å². The SMILES string of the molecule is c1ccc(C(=C(c2ccccc2)c2ccc(N(c3ccccc3)c3ccc(-n4c5ccccc5c5ccccc54)cc3)cc2)c2ccc(N(c3ccccc3)c3ccc(N(c4ccccc4)c4ccccc4)cc3)cc2)cc1. The van der Waals surface area contributed by atoms with Crippen molar-refractivity contribution < 1.29 is 0 Å². The third kappa shape index (κ3) is 9.29. The van der Waals surface area contributed by atoms with Gasteiger partial charge in [0.05, 0.1) is 11.0 Å². The maximum atomic E-state index is 2.37. The lowest BCUT2D eigenvalue weighted by Gasteiger charge is -2.28. The van der Waals surface area contributed by atoms with Crippen molar-refractivity contribution in [2.24, 2.45) is 0 Å². The molecule has 0 saturated heterocycles. The molecule has 0 spiro atoms. The van der Waals surface area contributed by atoms with E-state index < -0.39 is 0 Å². The second-order valence-corrected chi connectivity index (χ2v) is 19.3. The van der Waals surface area contributed by atoms with Crippen LogP contribution < -0.4 is 14.7 Å². The lowest BCUT2D eigenvalue weighted by Crippen LogP contribution is -2.12. The van der Waals surface area contributed by atoms with Crippen LogP contribution in [0.3, 0.4) is 0 Å². The van der Waals surface area contributed by atoms with Gasteiger partial charge in [-0.3, -0.25) is 0 Å². The molecule has 0 radical (unpaired) electrons. The molecule has 0 atom stereocenters. The van der Waals surface area contributed by atoms with Gasteiger partial charge >= 0.3 is 0 Å². The highest BCUT2D eigenvalue weighted by Crippen LogP contribution is 2.43. The normalized spacial score (nSPS) is 11.5. The van der Waals surface area contributed by atoms with Gasteiger partial charge in [0.15, 0.2) is 0 Å². The molecule has 370 valence electrons. The van der Waals surface area contributed by atoms with Crippen molar-refractivity contribution in [3.05, 3.63) is 350 Å². The summed E-state index contributed by atoms with van der Waals surface area (Å²) in [5.74, 6) is 0. The summed E-state index contributed by atoms with van der Waals surface area (Å²) in [6.45, 7) is 0. The molecule has 78 heavy (non-hydrogen) atoms. The van der Waals surface area contributed by atoms with Gasteiger partial charge < -0.3 is 19.3 Å². The fourth-order valence-electron chi connectivity index (χ4n) is 11.0. The zero-order chi connectivity index (χ0) is 52.0. The minimum atomic E-state index is 1.06. The fourth-order valence-corrected chi connectivity index (χ4v) is 11.0. The van der Waals surface area contributed by atoms with E-state index in [1.807, 2.05) is 0 Å². The van der Waals surface area contributed by atoms with Gasteiger partial charge in [-0.15, -0.1) is 0 Å². The number of aromatic nitrogens is 1. The van der Waals surface area contributed by atoms with Crippen LogP contribution in [-0.4, -0.2) is 4.57 Å². The Balaban J connectivity index is 0.888. The van der Waals surface area contributed by atoms with Gasteiger partial charge in [0, 0.05) is 67.6 Å². The Labute approximate surface area is 456 Å². The summed E-state index contributed by atoms with van der Waals surface area (Å²) >= 11 is 0. The summed E-state index contributed by atoms with van der Waals surface area (Å²) in [5.41, 5.74) is 20.0. The second kappa shape index (κ2) is 21.4. The number of para-hydroxylation sites is 6. The minimum Gasteiger partial charge on any atom is -0.311 e. The van der Waals surface area contributed by atoms with Crippen LogP contribution in [0.2, 0.25) is 0 Å². The lowest BCUT2D eigenvalue weighted by molar-refractivity contribution is 1.17. The Bertz CT molecular complexity index is 4030. The van der Waals surface area contributed by atoms with Crippen LogP contribution in [0.5, 0.6) is 0 Å². The molecule has 0 unspecified atom stereocenters. The van der Waals surface area contributed by atoms with Crippen LogP contribution >= 0.6 is 0 Å². The van der Waals surface area contributed by atoms with E-state index in [9.17, 15) is 0 Å². The average molecular weight is 999 g/mol. The molecule has 0 aliphatic rings. The van der Waals surface area contributed by atoms with Crippen LogP contribution in [-0.2, 0) is 0 Å². The van der Waals surface area contributed by atoms with E-state index in [0.29, 0.717) is 0 Å². The number of nitrogens with zero attached hydrogens (tertiary/aromatic N) is 4. The van der Waals surface area contributed by atoms with E-state index in [2.05, 4.69) is 347 Å². The molecular weight excluding hydrogens is 945 g/mol. The first kappa shape index (κ1) is 47.3. The fraction of sp³-hybridized carbons (Fsp3) is 0. The van der Waals surface area contributed by atoms with Gasteiger partial charge in [0.2, 0.25) is 0 Å². The molecule has 0 bridgehead atoms. The third-order valence-corrected chi connectivity index (χ3v) is 14.6. The molecule has 0 N–H and O–H groups in total. The molecule has 12 aromatic carbocycles. The van der Waals surface area contributed by atoms with Gasteiger partial charge in [-0.05, 0) is 167 Å². The minimum absolute atomic E-state index is 1.06. The van der Waals surface area contributed by atoms with Crippen LogP contribution in [0.4, 0.5) is 51.2 Å². The van der Waals surface area contributed by atoms with Crippen molar-refractivity contribution in [2.75, 3.05) is 14.7 Å². The van der Waals surface area contributed by atoms with Crippen LogP contribution in [0.25, 0.3) is 38.6 Å². The van der Waals surface area contributed by atoms with E-state index in [1.165, 1.54) is 21.8 Å². The van der Waals surface area contributed by atoms with Crippen LogP contribution in [0, 0.1) is 0 Å². The Morgan fingerprint density at radius 2 is 0.410 bits per heavy atom. The highest BCUT2D eigenvalue weighted by Gasteiger charge is 2.21. The molecule has 0 fully saturated rings. The Morgan fingerprint density at radius 1 is 0.192 bits per heavy atom. The largest absolute Gasteiger partial charge is 0.311 e. The molecule has 1 heterocycles. The Kier molecular flexibility index (Phi) is 13.0.